The molecule has 1 atom stereocenters. The lowest BCUT2D eigenvalue weighted by molar-refractivity contribution is -0.137. The van der Waals surface area contributed by atoms with Crippen molar-refractivity contribution < 1.29 is 19.5 Å². The molecule has 0 spiro atoms. The first-order valence-corrected chi connectivity index (χ1v) is 6.60. The fourth-order valence-corrected chi connectivity index (χ4v) is 1.55. The summed E-state index contributed by atoms with van der Waals surface area (Å²) >= 11 is 0. The summed E-state index contributed by atoms with van der Waals surface area (Å²) in [5, 5.41) is 19.4. The van der Waals surface area contributed by atoms with Gasteiger partial charge in [-0.15, -0.1) is 0 Å². The van der Waals surface area contributed by atoms with Gasteiger partial charge in [-0.3, -0.25) is 14.9 Å². The minimum Gasteiger partial charge on any atom is -0.481 e. The van der Waals surface area contributed by atoms with Crippen LogP contribution in [0.1, 0.15) is 39.5 Å². The van der Waals surface area contributed by atoms with E-state index < -0.39 is 17.9 Å². The Morgan fingerprint density at radius 3 is 2.40 bits per heavy atom. The third-order valence-corrected chi connectivity index (χ3v) is 2.67. The number of amides is 3. The van der Waals surface area contributed by atoms with E-state index in [0.717, 1.165) is 0 Å². The summed E-state index contributed by atoms with van der Waals surface area (Å²) in [4.78, 5) is 35.0. The fourth-order valence-electron chi connectivity index (χ4n) is 1.55. The number of nitrogens with zero attached hydrogens (tertiary/aromatic N) is 2. The molecule has 2 N–H and O–H groups in total. The van der Waals surface area contributed by atoms with Gasteiger partial charge in [-0.2, -0.15) is 5.26 Å². The first kappa shape index (κ1) is 17.9. The maximum Gasteiger partial charge on any atom is 0.324 e. The minimum atomic E-state index is -0.899. The molecule has 0 aliphatic rings. The Kier molecular flexibility index (Phi) is 8.75. The van der Waals surface area contributed by atoms with Gasteiger partial charge in [0.15, 0.2) is 0 Å². The molecule has 0 heterocycles. The van der Waals surface area contributed by atoms with Crippen molar-refractivity contribution >= 4 is 17.9 Å². The predicted molar refractivity (Wildman–Crippen MR) is 71.7 cm³/mol. The van der Waals surface area contributed by atoms with Crippen molar-refractivity contribution in [3.63, 3.8) is 0 Å². The first-order chi connectivity index (χ1) is 9.40. The van der Waals surface area contributed by atoms with Crippen LogP contribution in [-0.2, 0) is 9.59 Å². The number of carboxylic acid groups (broad SMARTS) is 1. The summed E-state index contributed by atoms with van der Waals surface area (Å²) in [6, 6.07) is 1.51. The summed E-state index contributed by atoms with van der Waals surface area (Å²) in [6.07, 6.45) is 0.957. The van der Waals surface area contributed by atoms with Crippen LogP contribution in [0.25, 0.3) is 0 Å². The van der Waals surface area contributed by atoms with Crippen molar-refractivity contribution in [2.24, 2.45) is 5.92 Å². The Hall–Kier alpha value is -2.10. The van der Waals surface area contributed by atoms with E-state index in [1.165, 1.54) is 4.90 Å². The Bertz CT molecular complexity index is 390. The number of carbonyl (C=O) groups is 3. The van der Waals surface area contributed by atoms with E-state index in [1.807, 2.05) is 6.07 Å². The molecule has 0 radical (unpaired) electrons. The number of unbranched alkanes of at least 4 members (excludes halogenated alkanes) is 1. The van der Waals surface area contributed by atoms with E-state index in [4.69, 9.17) is 10.4 Å². The van der Waals surface area contributed by atoms with Crippen molar-refractivity contribution in [2.75, 3.05) is 13.1 Å². The van der Waals surface area contributed by atoms with Gasteiger partial charge in [0.2, 0.25) is 5.91 Å². The summed E-state index contributed by atoms with van der Waals surface area (Å²) in [5.41, 5.74) is 0. The van der Waals surface area contributed by atoms with Gasteiger partial charge in [-0.05, 0) is 26.7 Å². The average molecular weight is 283 g/mol. The van der Waals surface area contributed by atoms with E-state index in [0.29, 0.717) is 19.4 Å². The van der Waals surface area contributed by atoms with Crippen LogP contribution in [0.15, 0.2) is 0 Å². The summed E-state index contributed by atoms with van der Waals surface area (Å²) in [5.74, 6) is -1.63. The maximum absolute atomic E-state index is 11.8. The highest BCUT2D eigenvalue weighted by Crippen LogP contribution is 2.02. The van der Waals surface area contributed by atoms with Crippen molar-refractivity contribution in [3.8, 4) is 6.07 Å². The summed E-state index contributed by atoms with van der Waals surface area (Å²) < 4.78 is 0. The quantitative estimate of drug-likeness (QED) is 0.653. The lowest BCUT2D eigenvalue weighted by Gasteiger charge is -2.21. The zero-order valence-electron chi connectivity index (χ0n) is 11.9. The Balaban J connectivity index is 4.07. The molecular formula is C13H21N3O4. The third kappa shape index (κ3) is 8.08. The standard InChI is InChI=1S/C13H21N3O4/c1-3-16(9-10(2)8-14)13(20)15-11(17)6-4-5-7-12(18)19/h10H,3-7,9H2,1-2H3,(H,18,19)(H,15,17,20). The molecule has 0 saturated carbocycles. The molecule has 0 aliphatic heterocycles. The molecule has 0 aromatic rings. The van der Waals surface area contributed by atoms with Crippen LogP contribution in [0.3, 0.4) is 0 Å². The molecule has 0 rings (SSSR count). The van der Waals surface area contributed by atoms with Crippen LogP contribution in [0.5, 0.6) is 0 Å². The highest BCUT2D eigenvalue weighted by molar-refractivity contribution is 5.94. The largest absolute Gasteiger partial charge is 0.481 e. The zero-order chi connectivity index (χ0) is 15.5. The van der Waals surface area contributed by atoms with Crippen molar-refractivity contribution in [1.82, 2.24) is 10.2 Å². The molecule has 1 unspecified atom stereocenters. The number of rotatable bonds is 8. The highest BCUT2D eigenvalue weighted by atomic mass is 16.4. The lowest BCUT2D eigenvalue weighted by Crippen LogP contribution is -2.44. The van der Waals surface area contributed by atoms with E-state index in [9.17, 15) is 14.4 Å². The zero-order valence-corrected chi connectivity index (χ0v) is 11.9. The smallest absolute Gasteiger partial charge is 0.324 e. The normalized spacial score (nSPS) is 11.2. The van der Waals surface area contributed by atoms with Gasteiger partial charge in [0.1, 0.15) is 0 Å². The Morgan fingerprint density at radius 1 is 1.30 bits per heavy atom. The third-order valence-electron chi connectivity index (χ3n) is 2.67. The van der Waals surface area contributed by atoms with E-state index in [-0.39, 0.29) is 25.3 Å². The van der Waals surface area contributed by atoms with Crippen LogP contribution < -0.4 is 5.32 Å². The molecule has 20 heavy (non-hydrogen) atoms. The monoisotopic (exact) mass is 283 g/mol. The highest BCUT2D eigenvalue weighted by Gasteiger charge is 2.16. The second-order valence-corrected chi connectivity index (χ2v) is 4.52. The Morgan fingerprint density at radius 2 is 1.90 bits per heavy atom. The number of carbonyl (C=O) groups excluding carboxylic acids is 2. The topological polar surface area (TPSA) is 111 Å². The number of nitriles is 1. The minimum absolute atomic E-state index is 0.0159. The van der Waals surface area contributed by atoms with Gasteiger partial charge in [-0.25, -0.2) is 4.79 Å². The number of aliphatic carboxylic acids is 1. The van der Waals surface area contributed by atoms with Gasteiger partial charge in [-0.1, -0.05) is 0 Å². The van der Waals surface area contributed by atoms with E-state index in [2.05, 4.69) is 5.32 Å². The number of carboxylic acids is 1. The van der Waals surface area contributed by atoms with Gasteiger partial charge in [0.05, 0.1) is 12.0 Å². The number of imide groups is 1. The van der Waals surface area contributed by atoms with Gasteiger partial charge >= 0.3 is 12.0 Å². The fraction of sp³-hybridized carbons (Fsp3) is 0.692. The molecule has 0 aromatic carbocycles. The molecule has 0 fully saturated rings. The summed E-state index contributed by atoms with van der Waals surface area (Å²) in [7, 11) is 0. The first-order valence-electron chi connectivity index (χ1n) is 6.60. The van der Waals surface area contributed by atoms with E-state index >= 15 is 0 Å². The van der Waals surface area contributed by atoms with Crippen molar-refractivity contribution in [2.45, 2.75) is 39.5 Å². The van der Waals surface area contributed by atoms with Gasteiger partial charge in [0.25, 0.3) is 0 Å². The predicted octanol–water partition coefficient (Wildman–Crippen LogP) is 1.35. The number of nitrogens with one attached hydrogen (secondary N) is 1. The van der Waals surface area contributed by atoms with Gasteiger partial charge in [0, 0.05) is 25.9 Å². The molecule has 112 valence electrons. The van der Waals surface area contributed by atoms with Crippen LogP contribution in [0.2, 0.25) is 0 Å². The molecule has 7 heteroatoms. The Labute approximate surface area is 118 Å². The van der Waals surface area contributed by atoms with Crippen LogP contribution in [0.4, 0.5) is 4.79 Å². The molecule has 7 nitrogen and oxygen atoms in total. The lowest BCUT2D eigenvalue weighted by atomic mass is 10.2. The molecule has 0 bridgehead atoms. The molecule has 0 aliphatic carbocycles. The van der Waals surface area contributed by atoms with Crippen LogP contribution in [-0.4, -0.2) is 41.0 Å². The number of hydrogen-bond acceptors (Lipinski definition) is 4. The second kappa shape index (κ2) is 9.78. The van der Waals surface area contributed by atoms with Gasteiger partial charge < -0.3 is 10.0 Å². The van der Waals surface area contributed by atoms with Crippen molar-refractivity contribution in [3.05, 3.63) is 0 Å². The number of urea groups is 1. The molecular weight excluding hydrogens is 262 g/mol. The SMILES string of the molecule is CCN(CC(C)C#N)C(=O)NC(=O)CCCCC(=O)O. The average Bonchev–Trinajstić information content (AvgIpc) is 2.40. The second-order valence-electron chi connectivity index (χ2n) is 4.52. The van der Waals surface area contributed by atoms with Crippen LogP contribution >= 0.6 is 0 Å². The van der Waals surface area contributed by atoms with E-state index in [1.54, 1.807) is 13.8 Å². The molecule has 3 amide bonds. The molecule has 0 aromatic heterocycles. The summed E-state index contributed by atoms with van der Waals surface area (Å²) in [6.45, 7) is 4.14. The van der Waals surface area contributed by atoms with Crippen molar-refractivity contribution in [1.29, 1.82) is 5.26 Å². The maximum atomic E-state index is 11.8. The van der Waals surface area contributed by atoms with Crippen LogP contribution in [0, 0.1) is 17.2 Å². The molecule has 0 saturated heterocycles. The number of hydrogen-bond donors (Lipinski definition) is 2.